The summed E-state index contributed by atoms with van der Waals surface area (Å²) >= 11 is 5.83. The highest BCUT2D eigenvalue weighted by molar-refractivity contribution is 6.31. The van der Waals surface area contributed by atoms with Crippen LogP contribution in [0.1, 0.15) is 28.5 Å². The minimum atomic E-state index is -1.20. The minimum Gasteiger partial charge on any atom is -0.476 e. The van der Waals surface area contributed by atoms with Gasteiger partial charge < -0.3 is 5.11 Å². The van der Waals surface area contributed by atoms with Gasteiger partial charge in [-0.1, -0.05) is 11.6 Å². The molecule has 1 heterocycles. The van der Waals surface area contributed by atoms with Crippen LogP contribution in [0.4, 0.5) is 8.78 Å². The van der Waals surface area contributed by atoms with Crippen molar-refractivity contribution >= 4 is 17.6 Å². The molecule has 0 aliphatic heterocycles. The zero-order valence-electron chi connectivity index (χ0n) is 12.6. The molecule has 1 aliphatic carbocycles. The third kappa shape index (κ3) is 3.10. The van der Waals surface area contributed by atoms with Crippen LogP contribution in [0.25, 0.3) is 11.3 Å². The Morgan fingerprint density at radius 3 is 2.71 bits per heavy atom. The lowest BCUT2D eigenvalue weighted by Crippen LogP contribution is -2.13. The molecule has 1 atom stereocenters. The van der Waals surface area contributed by atoms with Gasteiger partial charge >= 0.3 is 5.97 Å². The quantitative estimate of drug-likeness (QED) is 0.879. The predicted octanol–water partition coefficient (Wildman–Crippen LogP) is 4.62. The van der Waals surface area contributed by atoms with Crippen molar-refractivity contribution in [1.82, 2.24) is 9.78 Å². The molecular weight excluding hydrogens is 338 g/mol. The zero-order valence-corrected chi connectivity index (χ0v) is 13.4. The van der Waals surface area contributed by atoms with E-state index in [1.165, 1.54) is 35.0 Å². The smallest absolute Gasteiger partial charge is 0.356 e. The number of hydrogen-bond acceptors (Lipinski definition) is 2. The summed E-state index contributed by atoms with van der Waals surface area (Å²) in [5.74, 6) is -2.16. The predicted molar refractivity (Wildman–Crippen MR) is 86.1 cm³/mol. The first kappa shape index (κ1) is 16.4. The number of aromatic nitrogens is 2. The molecule has 0 saturated heterocycles. The van der Waals surface area contributed by atoms with Crippen LogP contribution in [0.2, 0.25) is 0 Å². The zero-order chi connectivity index (χ0) is 17.4. The van der Waals surface area contributed by atoms with Crippen molar-refractivity contribution in [2.75, 3.05) is 0 Å². The number of aryl methyl sites for hydroxylation is 1. The van der Waals surface area contributed by atoms with E-state index in [2.05, 4.69) is 5.10 Å². The Morgan fingerprint density at radius 2 is 2.08 bits per heavy atom. The van der Waals surface area contributed by atoms with Crippen LogP contribution in [0.15, 0.2) is 47.3 Å². The number of carboxylic acid groups (broad SMARTS) is 1. The summed E-state index contributed by atoms with van der Waals surface area (Å²) in [4.78, 5) is 11.3. The van der Waals surface area contributed by atoms with Crippen molar-refractivity contribution in [3.63, 3.8) is 0 Å². The van der Waals surface area contributed by atoms with Gasteiger partial charge in [-0.3, -0.25) is 4.68 Å². The van der Waals surface area contributed by atoms with E-state index >= 15 is 0 Å². The SMILES string of the molecule is Cc1cc(F)cc(-c2cc(C(=O)O)nn2C2C=C(Cl)C(F)=CC2)c1. The van der Waals surface area contributed by atoms with E-state index in [0.717, 1.165) is 0 Å². The monoisotopic (exact) mass is 350 g/mol. The van der Waals surface area contributed by atoms with Crippen molar-refractivity contribution < 1.29 is 18.7 Å². The summed E-state index contributed by atoms with van der Waals surface area (Å²) in [6.45, 7) is 1.74. The van der Waals surface area contributed by atoms with E-state index in [4.69, 9.17) is 11.6 Å². The number of allylic oxidation sites excluding steroid dienone is 4. The molecule has 1 N–H and O–H groups in total. The number of rotatable bonds is 3. The molecule has 1 aromatic heterocycles. The van der Waals surface area contributed by atoms with Crippen molar-refractivity contribution in [2.45, 2.75) is 19.4 Å². The topological polar surface area (TPSA) is 55.1 Å². The molecule has 7 heteroatoms. The number of halogens is 3. The fourth-order valence-corrected chi connectivity index (χ4v) is 2.88. The second-order valence-corrected chi connectivity index (χ2v) is 5.96. The van der Waals surface area contributed by atoms with Crippen molar-refractivity contribution in [1.29, 1.82) is 0 Å². The average Bonchev–Trinajstić information content (AvgIpc) is 2.94. The van der Waals surface area contributed by atoms with Crippen molar-refractivity contribution in [2.24, 2.45) is 0 Å². The molecule has 2 aromatic rings. The van der Waals surface area contributed by atoms with Crippen LogP contribution in [-0.4, -0.2) is 20.9 Å². The third-order valence-electron chi connectivity index (χ3n) is 3.71. The maximum absolute atomic E-state index is 13.7. The minimum absolute atomic E-state index is 0.0556. The molecular formula is C17H13ClF2N2O2. The van der Waals surface area contributed by atoms with Crippen molar-refractivity contribution in [3.05, 3.63) is 64.4 Å². The number of carboxylic acids is 1. The number of hydrogen-bond donors (Lipinski definition) is 1. The van der Waals surface area contributed by atoms with Gasteiger partial charge in [0.05, 0.1) is 16.8 Å². The Hall–Kier alpha value is -2.47. The molecule has 0 saturated carbocycles. The molecule has 0 bridgehead atoms. The maximum Gasteiger partial charge on any atom is 0.356 e. The van der Waals surface area contributed by atoms with Gasteiger partial charge in [0.15, 0.2) is 5.69 Å². The molecule has 0 spiro atoms. The number of benzene rings is 1. The van der Waals surface area contributed by atoms with Crippen LogP contribution in [0, 0.1) is 12.7 Å². The van der Waals surface area contributed by atoms with E-state index in [1.54, 1.807) is 13.0 Å². The van der Waals surface area contributed by atoms with E-state index in [-0.39, 0.29) is 17.1 Å². The first-order chi connectivity index (χ1) is 11.3. The fourth-order valence-electron chi connectivity index (χ4n) is 2.66. The summed E-state index contributed by atoms with van der Waals surface area (Å²) in [6.07, 6.45) is 3.05. The number of aromatic carboxylic acids is 1. The van der Waals surface area contributed by atoms with Gasteiger partial charge in [-0.05, 0) is 55.3 Å². The fraction of sp³-hybridized carbons (Fsp3) is 0.176. The lowest BCUT2D eigenvalue weighted by Gasteiger charge is -2.19. The lowest BCUT2D eigenvalue weighted by molar-refractivity contribution is 0.0689. The van der Waals surface area contributed by atoms with Crippen molar-refractivity contribution in [3.8, 4) is 11.3 Å². The second kappa shape index (κ2) is 6.20. The molecule has 0 amide bonds. The molecule has 1 unspecified atom stereocenters. The van der Waals surface area contributed by atoms with Gasteiger partial charge in [0.25, 0.3) is 0 Å². The molecule has 1 aliphatic rings. The Bertz CT molecular complexity index is 866. The van der Waals surface area contributed by atoms with Gasteiger partial charge in [0.2, 0.25) is 0 Å². The number of carbonyl (C=O) groups is 1. The summed E-state index contributed by atoms with van der Waals surface area (Å²) < 4.78 is 28.6. The highest BCUT2D eigenvalue weighted by Gasteiger charge is 2.23. The largest absolute Gasteiger partial charge is 0.476 e. The highest BCUT2D eigenvalue weighted by Crippen LogP contribution is 2.33. The standard InChI is InChI=1S/C17H13ClF2N2O2/c1-9-4-10(6-11(19)5-9)16-8-15(17(23)24)21-22(16)12-2-3-14(20)13(18)7-12/h3-8,12H,2H2,1H3,(H,23,24). The molecule has 0 radical (unpaired) electrons. The summed E-state index contributed by atoms with van der Waals surface area (Å²) in [5, 5.41) is 13.2. The van der Waals surface area contributed by atoms with Gasteiger partial charge in [-0.15, -0.1) is 0 Å². The Kier molecular flexibility index (Phi) is 4.24. The first-order valence-electron chi connectivity index (χ1n) is 7.19. The normalized spacial score (nSPS) is 17.4. The third-order valence-corrected chi connectivity index (χ3v) is 4.02. The summed E-state index contributed by atoms with van der Waals surface area (Å²) in [7, 11) is 0. The van der Waals surface area contributed by atoms with Gasteiger partial charge in [-0.2, -0.15) is 5.10 Å². The Labute approximate surface area is 141 Å². The number of nitrogens with zero attached hydrogens (tertiary/aromatic N) is 2. The van der Waals surface area contributed by atoms with E-state index < -0.39 is 23.7 Å². The van der Waals surface area contributed by atoms with Crippen LogP contribution >= 0.6 is 11.6 Å². The second-order valence-electron chi connectivity index (χ2n) is 5.55. The van der Waals surface area contributed by atoms with E-state index in [1.807, 2.05) is 0 Å². The average molecular weight is 351 g/mol. The van der Waals surface area contributed by atoms with E-state index in [9.17, 15) is 18.7 Å². The van der Waals surface area contributed by atoms with Crippen LogP contribution in [0.5, 0.6) is 0 Å². The highest BCUT2D eigenvalue weighted by atomic mass is 35.5. The van der Waals surface area contributed by atoms with Crippen LogP contribution in [0.3, 0.4) is 0 Å². The van der Waals surface area contributed by atoms with Gasteiger partial charge in [0, 0.05) is 5.56 Å². The molecule has 1 aromatic carbocycles. The van der Waals surface area contributed by atoms with Crippen LogP contribution < -0.4 is 0 Å². The van der Waals surface area contributed by atoms with Gasteiger partial charge in [0.1, 0.15) is 11.6 Å². The molecule has 24 heavy (non-hydrogen) atoms. The Morgan fingerprint density at radius 1 is 1.33 bits per heavy atom. The van der Waals surface area contributed by atoms with Gasteiger partial charge in [-0.25, -0.2) is 13.6 Å². The summed E-state index contributed by atoms with van der Waals surface area (Å²) in [6, 6.07) is 5.32. The summed E-state index contributed by atoms with van der Waals surface area (Å²) in [5.41, 5.74) is 1.44. The maximum atomic E-state index is 13.7. The van der Waals surface area contributed by atoms with E-state index in [0.29, 0.717) is 16.8 Å². The van der Waals surface area contributed by atoms with Crippen LogP contribution in [-0.2, 0) is 0 Å². The molecule has 3 rings (SSSR count). The lowest BCUT2D eigenvalue weighted by atomic mass is 10.1. The molecule has 124 valence electrons. The first-order valence-corrected chi connectivity index (χ1v) is 7.56. The Balaban J connectivity index is 2.14. The molecule has 4 nitrogen and oxygen atoms in total. The molecule has 0 fully saturated rings.